The van der Waals surface area contributed by atoms with Gasteiger partial charge in [-0.1, -0.05) is 18.2 Å². The van der Waals surface area contributed by atoms with Crippen LogP contribution in [-0.4, -0.2) is 52.2 Å². The van der Waals surface area contributed by atoms with Crippen molar-refractivity contribution in [3.05, 3.63) is 54.1 Å². The number of ether oxygens (including phenoxy) is 1. The first-order valence-corrected chi connectivity index (χ1v) is 10.8. The summed E-state index contributed by atoms with van der Waals surface area (Å²) in [6, 6.07) is 10.7. The first-order chi connectivity index (χ1) is 15.2. The van der Waals surface area contributed by atoms with Crippen LogP contribution in [0.5, 0.6) is 5.75 Å². The zero-order chi connectivity index (χ0) is 21.2. The van der Waals surface area contributed by atoms with Crippen molar-refractivity contribution in [2.75, 3.05) is 41.4 Å². The third-order valence-electron chi connectivity index (χ3n) is 5.88. The maximum Gasteiger partial charge on any atom is 0.225 e. The van der Waals surface area contributed by atoms with Gasteiger partial charge in [-0.25, -0.2) is 15.0 Å². The van der Waals surface area contributed by atoms with Gasteiger partial charge in [0.1, 0.15) is 18.2 Å². The van der Waals surface area contributed by atoms with E-state index in [1.165, 1.54) is 5.56 Å². The standard InChI is InChI=1S/C23H27N7O/c1-16-5-3-4-6-19(16)30-13-14-31-20-15-25-23(28-22(20)30)27-18-8-11-29(12-9-18)21-7-10-24-17(2)26-21/h3-7,10,15,18H,8-9,11-14H2,1-2H3,(H,25,27,28). The molecule has 0 spiro atoms. The molecule has 0 bridgehead atoms. The molecule has 160 valence electrons. The van der Waals surface area contributed by atoms with E-state index in [9.17, 15) is 0 Å². The molecule has 0 amide bonds. The van der Waals surface area contributed by atoms with Gasteiger partial charge < -0.3 is 19.9 Å². The minimum Gasteiger partial charge on any atom is -0.486 e. The molecule has 2 aliphatic rings. The molecule has 31 heavy (non-hydrogen) atoms. The number of fused-ring (bicyclic) bond motifs is 1. The fourth-order valence-electron chi connectivity index (χ4n) is 4.24. The van der Waals surface area contributed by atoms with Gasteiger partial charge in [-0.3, -0.25) is 0 Å². The summed E-state index contributed by atoms with van der Waals surface area (Å²) >= 11 is 0. The molecular weight excluding hydrogens is 390 g/mol. The van der Waals surface area contributed by atoms with Crippen LogP contribution in [0.4, 0.5) is 23.3 Å². The first kappa shape index (κ1) is 19.5. The summed E-state index contributed by atoms with van der Waals surface area (Å²) in [5.74, 6) is 4.02. The molecule has 8 heteroatoms. The molecule has 2 aliphatic heterocycles. The highest BCUT2D eigenvalue weighted by molar-refractivity contribution is 5.69. The number of nitrogens with one attached hydrogen (secondary N) is 1. The summed E-state index contributed by atoms with van der Waals surface area (Å²) in [6.07, 6.45) is 5.61. The molecule has 0 radical (unpaired) electrons. The summed E-state index contributed by atoms with van der Waals surface area (Å²) in [7, 11) is 0. The molecule has 8 nitrogen and oxygen atoms in total. The van der Waals surface area contributed by atoms with E-state index in [1.807, 2.05) is 19.2 Å². The van der Waals surface area contributed by atoms with E-state index in [4.69, 9.17) is 9.72 Å². The second-order valence-corrected chi connectivity index (χ2v) is 8.04. The molecule has 1 fully saturated rings. The van der Waals surface area contributed by atoms with Crippen molar-refractivity contribution in [3.63, 3.8) is 0 Å². The monoisotopic (exact) mass is 417 g/mol. The van der Waals surface area contributed by atoms with E-state index in [0.717, 1.165) is 61.4 Å². The van der Waals surface area contributed by atoms with Gasteiger partial charge in [0, 0.05) is 31.0 Å². The lowest BCUT2D eigenvalue weighted by Gasteiger charge is -2.34. The van der Waals surface area contributed by atoms with Gasteiger partial charge in [-0.15, -0.1) is 0 Å². The Hall–Kier alpha value is -3.42. The molecule has 3 aromatic rings. The molecule has 1 saturated heterocycles. The number of para-hydroxylation sites is 1. The van der Waals surface area contributed by atoms with Gasteiger partial charge in [-0.05, 0) is 44.4 Å². The summed E-state index contributed by atoms with van der Waals surface area (Å²) < 4.78 is 5.82. The van der Waals surface area contributed by atoms with Crippen molar-refractivity contribution < 1.29 is 4.74 Å². The third kappa shape index (κ3) is 4.10. The van der Waals surface area contributed by atoms with Crippen molar-refractivity contribution in [1.82, 2.24) is 19.9 Å². The molecule has 2 aromatic heterocycles. The van der Waals surface area contributed by atoms with Crippen LogP contribution in [-0.2, 0) is 0 Å². The van der Waals surface area contributed by atoms with Crippen LogP contribution in [0.2, 0.25) is 0 Å². The van der Waals surface area contributed by atoms with Gasteiger partial charge in [0.2, 0.25) is 5.95 Å². The van der Waals surface area contributed by atoms with Crippen molar-refractivity contribution in [2.24, 2.45) is 0 Å². The van der Waals surface area contributed by atoms with E-state index in [2.05, 4.69) is 61.3 Å². The summed E-state index contributed by atoms with van der Waals surface area (Å²) in [4.78, 5) is 22.6. The Kier molecular flexibility index (Phi) is 5.28. The number of hydrogen-bond acceptors (Lipinski definition) is 8. The fraction of sp³-hybridized carbons (Fsp3) is 0.391. The predicted octanol–water partition coefficient (Wildman–Crippen LogP) is 3.49. The number of aryl methyl sites for hydroxylation is 2. The van der Waals surface area contributed by atoms with Gasteiger partial charge in [0.25, 0.3) is 0 Å². The quantitative estimate of drug-likeness (QED) is 0.691. The fourth-order valence-corrected chi connectivity index (χ4v) is 4.24. The minimum atomic E-state index is 0.327. The van der Waals surface area contributed by atoms with E-state index >= 15 is 0 Å². The normalized spacial score (nSPS) is 16.6. The summed E-state index contributed by atoms with van der Waals surface area (Å²) in [6.45, 7) is 7.32. The molecule has 0 atom stereocenters. The Labute approximate surface area is 182 Å². The number of aromatic nitrogens is 4. The van der Waals surface area contributed by atoms with E-state index in [1.54, 1.807) is 6.20 Å². The number of rotatable bonds is 4. The van der Waals surface area contributed by atoms with E-state index in [0.29, 0.717) is 18.6 Å². The van der Waals surface area contributed by atoms with E-state index in [-0.39, 0.29) is 0 Å². The Morgan fingerprint density at radius 3 is 2.65 bits per heavy atom. The minimum absolute atomic E-state index is 0.327. The molecule has 1 N–H and O–H groups in total. The Balaban J connectivity index is 1.29. The molecule has 4 heterocycles. The van der Waals surface area contributed by atoms with E-state index < -0.39 is 0 Å². The molecule has 1 aromatic carbocycles. The number of anilines is 4. The molecule has 0 unspecified atom stereocenters. The number of benzene rings is 1. The average Bonchev–Trinajstić information content (AvgIpc) is 2.80. The Bertz CT molecular complexity index is 1070. The van der Waals surface area contributed by atoms with Crippen molar-refractivity contribution in [1.29, 1.82) is 0 Å². The van der Waals surface area contributed by atoms with Crippen LogP contribution in [0.3, 0.4) is 0 Å². The Morgan fingerprint density at radius 1 is 1.00 bits per heavy atom. The van der Waals surface area contributed by atoms with Crippen LogP contribution < -0.4 is 19.9 Å². The highest BCUT2D eigenvalue weighted by atomic mass is 16.5. The lowest BCUT2D eigenvalue weighted by Crippen LogP contribution is -2.40. The van der Waals surface area contributed by atoms with Crippen LogP contribution in [0.1, 0.15) is 24.2 Å². The average molecular weight is 418 g/mol. The number of piperidine rings is 1. The maximum absolute atomic E-state index is 5.82. The van der Waals surface area contributed by atoms with Crippen molar-refractivity contribution in [3.8, 4) is 5.75 Å². The van der Waals surface area contributed by atoms with Crippen molar-refractivity contribution >= 4 is 23.3 Å². The highest BCUT2D eigenvalue weighted by Gasteiger charge is 2.25. The predicted molar refractivity (Wildman–Crippen MR) is 121 cm³/mol. The number of hydrogen-bond donors (Lipinski definition) is 1. The zero-order valence-corrected chi connectivity index (χ0v) is 18.0. The molecule has 5 rings (SSSR count). The molecule has 0 aliphatic carbocycles. The molecular formula is C23H27N7O. The third-order valence-corrected chi connectivity index (χ3v) is 5.88. The van der Waals surface area contributed by atoms with Gasteiger partial charge >= 0.3 is 0 Å². The highest BCUT2D eigenvalue weighted by Crippen LogP contribution is 2.36. The SMILES string of the molecule is Cc1nccc(N2CCC(Nc3ncc4c(n3)N(c3ccccc3C)CCO4)CC2)n1. The zero-order valence-electron chi connectivity index (χ0n) is 18.0. The van der Waals surface area contributed by atoms with Gasteiger partial charge in [0.15, 0.2) is 11.6 Å². The lowest BCUT2D eigenvalue weighted by molar-refractivity contribution is 0.310. The maximum atomic E-state index is 5.82. The van der Waals surface area contributed by atoms with Crippen LogP contribution in [0.25, 0.3) is 0 Å². The second kappa shape index (κ2) is 8.37. The molecule has 0 saturated carbocycles. The number of nitrogens with zero attached hydrogens (tertiary/aromatic N) is 6. The summed E-state index contributed by atoms with van der Waals surface area (Å²) in [5.41, 5.74) is 2.38. The topological polar surface area (TPSA) is 79.3 Å². The van der Waals surface area contributed by atoms with Crippen LogP contribution in [0.15, 0.2) is 42.7 Å². The lowest BCUT2D eigenvalue weighted by atomic mass is 10.1. The largest absolute Gasteiger partial charge is 0.486 e. The first-order valence-electron chi connectivity index (χ1n) is 10.8. The van der Waals surface area contributed by atoms with Gasteiger partial charge in [0.05, 0.1) is 12.7 Å². The van der Waals surface area contributed by atoms with Gasteiger partial charge in [-0.2, -0.15) is 4.98 Å². The second-order valence-electron chi connectivity index (χ2n) is 8.04. The van der Waals surface area contributed by atoms with Crippen LogP contribution >= 0.6 is 0 Å². The van der Waals surface area contributed by atoms with Crippen LogP contribution in [0, 0.1) is 13.8 Å². The smallest absolute Gasteiger partial charge is 0.225 e. The summed E-state index contributed by atoms with van der Waals surface area (Å²) in [5, 5.41) is 3.54. The van der Waals surface area contributed by atoms with Crippen molar-refractivity contribution in [2.45, 2.75) is 32.7 Å². The Morgan fingerprint density at radius 2 is 1.84 bits per heavy atom.